The quantitative estimate of drug-likeness (QED) is 0.807. The molecule has 2 heterocycles. The van der Waals surface area contributed by atoms with Gasteiger partial charge in [-0.05, 0) is 50.9 Å². The Hall–Kier alpha value is -2.03. The summed E-state index contributed by atoms with van der Waals surface area (Å²) in [6.45, 7) is 3.81. The Kier molecular flexibility index (Phi) is 6.32. The van der Waals surface area contributed by atoms with Gasteiger partial charge in [-0.25, -0.2) is 0 Å². The first-order chi connectivity index (χ1) is 12.2. The average molecular weight is 342 g/mol. The molecule has 1 aromatic rings. The number of hydrogen-bond donors (Lipinski definition) is 1. The number of carbonyl (C=O) groups excluding carboxylic acids is 1. The summed E-state index contributed by atoms with van der Waals surface area (Å²) < 4.78 is 11.4. The zero-order chi connectivity index (χ0) is 17.5. The van der Waals surface area contributed by atoms with Gasteiger partial charge in [-0.15, -0.1) is 6.42 Å². The van der Waals surface area contributed by atoms with Crippen molar-refractivity contribution in [2.75, 3.05) is 38.2 Å². The molecule has 2 saturated heterocycles. The van der Waals surface area contributed by atoms with E-state index in [-0.39, 0.29) is 17.9 Å². The fourth-order valence-electron chi connectivity index (χ4n) is 3.36. The van der Waals surface area contributed by atoms with Gasteiger partial charge in [0.05, 0.1) is 12.6 Å². The van der Waals surface area contributed by atoms with Gasteiger partial charge in [0.2, 0.25) is 5.91 Å². The zero-order valence-electron chi connectivity index (χ0n) is 14.6. The van der Waals surface area contributed by atoms with Crippen LogP contribution in [-0.4, -0.2) is 49.8 Å². The summed E-state index contributed by atoms with van der Waals surface area (Å²) >= 11 is 0. The molecule has 5 heteroatoms. The summed E-state index contributed by atoms with van der Waals surface area (Å²) in [6.07, 6.45) is 9.38. The molecule has 3 rings (SSSR count). The zero-order valence-corrected chi connectivity index (χ0v) is 14.6. The normalized spacial score (nSPS) is 21.6. The molecule has 1 unspecified atom stereocenters. The number of hydrogen-bond acceptors (Lipinski definition) is 4. The number of nitrogens with one attached hydrogen (secondary N) is 1. The standard InChI is InChI=1S/C20H26N2O3/c1-2-10-22-11-8-16(9-12-22)20(23)21-17-5-3-6-18(14-17)25-15-19-7-4-13-24-19/h1,3,5-6,14,16,19H,4,7-13,15H2,(H,21,23). The van der Waals surface area contributed by atoms with Crippen molar-refractivity contribution < 1.29 is 14.3 Å². The van der Waals surface area contributed by atoms with E-state index in [4.69, 9.17) is 15.9 Å². The number of anilines is 1. The highest BCUT2D eigenvalue weighted by atomic mass is 16.5. The molecule has 134 valence electrons. The van der Waals surface area contributed by atoms with Crippen molar-refractivity contribution in [1.82, 2.24) is 4.90 Å². The van der Waals surface area contributed by atoms with Crippen molar-refractivity contribution in [2.45, 2.75) is 31.8 Å². The second-order valence-electron chi connectivity index (χ2n) is 6.72. The van der Waals surface area contributed by atoms with Crippen molar-refractivity contribution >= 4 is 11.6 Å². The van der Waals surface area contributed by atoms with E-state index in [0.717, 1.165) is 56.8 Å². The molecule has 1 atom stereocenters. The molecule has 2 aliphatic rings. The lowest BCUT2D eigenvalue weighted by atomic mass is 9.96. The lowest BCUT2D eigenvalue weighted by Gasteiger charge is -2.29. The summed E-state index contributed by atoms with van der Waals surface area (Å²) in [6, 6.07) is 7.57. The summed E-state index contributed by atoms with van der Waals surface area (Å²) in [5.41, 5.74) is 0.779. The third-order valence-electron chi connectivity index (χ3n) is 4.83. The molecule has 25 heavy (non-hydrogen) atoms. The molecule has 5 nitrogen and oxygen atoms in total. The SMILES string of the molecule is C#CCN1CCC(C(=O)Nc2cccc(OCC3CCCO3)c2)CC1. The van der Waals surface area contributed by atoms with Crippen LogP contribution in [-0.2, 0) is 9.53 Å². The molecular weight excluding hydrogens is 316 g/mol. The van der Waals surface area contributed by atoms with Gasteiger partial charge in [0.1, 0.15) is 12.4 Å². The molecule has 0 aromatic heterocycles. The highest BCUT2D eigenvalue weighted by Crippen LogP contribution is 2.22. The number of benzene rings is 1. The minimum atomic E-state index is 0.0467. The second-order valence-corrected chi connectivity index (χ2v) is 6.72. The number of likely N-dealkylation sites (tertiary alicyclic amines) is 1. The summed E-state index contributed by atoms with van der Waals surface area (Å²) in [5.74, 6) is 3.55. The van der Waals surface area contributed by atoms with Crippen molar-refractivity contribution in [1.29, 1.82) is 0 Å². The molecule has 0 spiro atoms. The van der Waals surface area contributed by atoms with Gasteiger partial charge in [-0.1, -0.05) is 12.0 Å². The van der Waals surface area contributed by atoms with Gasteiger partial charge in [-0.3, -0.25) is 9.69 Å². The van der Waals surface area contributed by atoms with E-state index in [9.17, 15) is 4.79 Å². The van der Waals surface area contributed by atoms with Gasteiger partial charge >= 0.3 is 0 Å². The number of rotatable bonds is 6. The van der Waals surface area contributed by atoms with E-state index in [2.05, 4.69) is 16.1 Å². The Morgan fingerprint density at radius 2 is 2.20 bits per heavy atom. The lowest BCUT2D eigenvalue weighted by molar-refractivity contribution is -0.121. The Balaban J connectivity index is 1.48. The van der Waals surface area contributed by atoms with Crippen LogP contribution in [0.15, 0.2) is 24.3 Å². The van der Waals surface area contributed by atoms with Crippen molar-refractivity contribution in [2.24, 2.45) is 5.92 Å². The molecule has 1 aromatic carbocycles. The fourth-order valence-corrected chi connectivity index (χ4v) is 3.36. The highest BCUT2D eigenvalue weighted by Gasteiger charge is 2.24. The molecule has 0 saturated carbocycles. The Morgan fingerprint density at radius 3 is 2.92 bits per heavy atom. The van der Waals surface area contributed by atoms with Crippen LogP contribution in [0.3, 0.4) is 0 Å². The lowest BCUT2D eigenvalue weighted by Crippen LogP contribution is -2.38. The van der Waals surface area contributed by atoms with Crippen molar-refractivity contribution in [3.63, 3.8) is 0 Å². The molecule has 2 fully saturated rings. The molecular formula is C20H26N2O3. The van der Waals surface area contributed by atoms with E-state index in [1.165, 1.54) is 0 Å². The fraction of sp³-hybridized carbons (Fsp3) is 0.550. The van der Waals surface area contributed by atoms with E-state index >= 15 is 0 Å². The average Bonchev–Trinajstić information content (AvgIpc) is 3.15. The third kappa shape index (κ3) is 5.22. The minimum Gasteiger partial charge on any atom is -0.491 e. The number of nitrogens with zero attached hydrogens (tertiary/aromatic N) is 1. The first-order valence-corrected chi connectivity index (χ1v) is 9.06. The Bertz CT molecular complexity index is 612. The molecule has 2 aliphatic heterocycles. The second kappa shape index (κ2) is 8.89. The predicted molar refractivity (Wildman–Crippen MR) is 97.5 cm³/mol. The highest BCUT2D eigenvalue weighted by molar-refractivity contribution is 5.92. The third-order valence-corrected chi connectivity index (χ3v) is 4.83. The van der Waals surface area contributed by atoms with Crippen LogP contribution in [0, 0.1) is 18.3 Å². The monoisotopic (exact) mass is 342 g/mol. The number of piperidine rings is 1. The van der Waals surface area contributed by atoms with Crippen LogP contribution in [0.25, 0.3) is 0 Å². The smallest absolute Gasteiger partial charge is 0.227 e. The predicted octanol–water partition coefficient (Wildman–Crippen LogP) is 2.53. The van der Waals surface area contributed by atoms with Crippen LogP contribution < -0.4 is 10.1 Å². The van der Waals surface area contributed by atoms with Crippen molar-refractivity contribution in [3.8, 4) is 18.1 Å². The molecule has 0 radical (unpaired) electrons. The van der Waals surface area contributed by atoms with E-state index in [1.54, 1.807) is 0 Å². The maximum absolute atomic E-state index is 12.5. The van der Waals surface area contributed by atoms with Crippen LogP contribution in [0.5, 0.6) is 5.75 Å². The molecule has 1 N–H and O–H groups in total. The van der Waals surface area contributed by atoms with Gasteiger partial charge in [0, 0.05) is 24.3 Å². The summed E-state index contributed by atoms with van der Waals surface area (Å²) in [4.78, 5) is 14.7. The summed E-state index contributed by atoms with van der Waals surface area (Å²) in [7, 11) is 0. The number of carbonyl (C=O) groups is 1. The maximum Gasteiger partial charge on any atom is 0.227 e. The van der Waals surface area contributed by atoms with Crippen molar-refractivity contribution in [3.05, 3.63) is 24.3 Å². The van der Waals surface area contributed by atoms with Gasteiger partial charge in [0.25, 0.3) is 0 Å². The van der Waals surface area contributed by atoms with Gasteiger partial charge in [0.15, 0.2) is 0 Å². The van der Waals surface area contributed by atoms with Crippen LogP contribution >= 0.6 is 0 Å². The molecule has 0 bridgehead atoms. The van der Waals surface area contributed by atoms with Gasteiger partial charge in [-0.2, -0.15) is 0 Å². The number of ether oxygens (including phenoxy) is 2. The van der Waals surface area contributed by atoms with Crippen LogP contribution in [0.4, 0.5) is 5.69 Å². The van der Waals surface area contributed by atoms with Gasteiger partial charge < -0.3 is 14.8 Å². The van der Waals surface area contributed by atoms with Crippen LogP contribution in [0.1, 0.15) is 25.7 Å². The molecule has 1 amide bonds. The first-order valence-electron chi connectivity index (χ1n) is 9.06. The van der Waals surface area contributed by atoms with E-state index < -0.39 is 0 Å². The minimum absolute atomic E-state index is 0.0467. The van der Waals surface area contributed by atoms with Crippen LogP contribution in [0.2, 0.25) is 0 Å². The van der Waals surface area contributed by atoms with E-state index in [0.29, 0.717) is 13.2 Å². The topological polar surface area (TPSA) is 50.8 Å². The largest absolute Gasteiger partial charge is 0.491 e. The summed E-state index contributed by atoms with van der Waals surface area (Å²) in [5, 5.41) is 3.02. The molecule has 0 aliphatic carbocycles. The number of terminal acetylenes is 1. The maximum atomic E-state index is 12.5. The van der Waals surface area contributed by atoms with E-state index in [1.807, 2.05) is 24.3 Å². The Labute approximate surface area is 149 Å². The first kappa shape index (κ1) is 17.8. The number of amides is 1. The Morgan fingerprint density at radius 1 is 1.36 bits per heavy atom.